The third-order valence-electron chi connectivity index (χ3n) is 3.43. The zero-order valence-corrected chi connectivity index (χ0v) is 10.1. The smallest absolute Gasteiger partial charge is 0.145 e. The molecule has 88 valence electrons. The topological polar surface area (TPSA) is 35.2 Å². The lowest BCUT2D eigenvalue weighted by atomic mass is 9.89. The van der Waals surface area contributed by atoms with Gasteiger partial charge in [-0.3, -0.25) is 0 Å². The summed E-state index contributed by atoms with van der Waals surface area (Å²) in [4.78, 5) is 0. The van der Waals surface area contributed by atoms with Crippen molar-refractivity contribution in [3.63, 3.8) is 0 Å². The van der Waals surface area contributed by atoms with E-state index >= 15 is 0 Å². The fraction of sp³-hybridized carbons (Fsp3) is 0.500. The largest absolute Gasteiger partial charge is 0.497 e. The van der Waals surface area contributed by atoms with Gasteiger partial charge in [0.05, 0.1) is 12.1 Å². The number of halogens is 2. The van der Waals surface area contributed by atoms with E-state index in [0.717, 1.165) is 12.8 Å². The van der Waals surface area contributed by atoms with Crippen LogP contribution in [0.3, 0.4) is 0 Å². The summed E-state index contributed by atoms with van der Waals surface area (Å²) < 4.78 is 19.1. The zero-order chi connectivity index (χ0) is 11.9. The quantitative estimate of drug-likeness (QED) is 0.886. The molecule has 1 unspecified atom stereocenters. The summed E-state index contributed by atoms with van der Waals surface area (Å²) in [6.07, 6.45) is 1.82. The van der Waals surface area contributed by atoms with Gasteiger partial charge in [0.25, 0.3) is 0 Å². The molecule has 1 fully saturated rings. The van der Waals surface area contributed by atoms with Gasteiger partial charge >= 0.3 is 0 Å². The molecule has 0 radical (unpaired) electrons. The molecular weight excluding hydrogens is 229 g/mol. The Morgan fingerprint density at radius 3 is 2.56 bits per heavy atom. The molecule has 0 bridgehead atoms. The van der Waals surface area contributed by atoms with Gasteiger partial charge in [0.2, 0.25) is 0 Å². The van der Waals surface area contributed by atoms with Crippen LogP contribution in [0.15, 0.2) is 12.1 Å². The summed E-state index contributed by atoms with van der Waals surface area (Å²) in [5.41, 5.74) is 6.27. The maximum atomic E-state index is 14.0. The number of rotatable bonds is 3. The highest BCUT2D eigenvalue weighted by Crippen LogP contribution is 2.52. The Morgan fingerprint density at radius 1 is 1.50 bits per heavy atom. The average molecular weight is 244 g/mol. The first-order valence-corrected chi connectivity index (χ1v) is 5.68. The maximum absolute atomic E-state index is 14.0. The second kappa shape index (κ2) is 3.90. The summed E-state index contributed by atoms with van der Waals surface area (Å²) in [5.74, 6) is 0.214. The second-order valence-corrected chi connectivity index (χ2v) is 4.82. The fourth-order valence-electron chi connectivity index (χ4n) is 2.15. The first-order chi connectivity index (χ1) is 7.51. The van der Waals surface area contributed by atoms with Crippen molar-refractivity contribution < 1.29 is 9.13 Å². The van der Waals surface area contributed by atoms with Crippen molar-refractivity contribution in [1.82, 2.24) is 0 Å². The molecule has 4 heteroatoms. The molecule has 1 aliphatic carbocycles. The van der Waals surface area contributed by atoms with Crippen LogP contribution < -0.4 is 10.5 Å². The van der Waals surface area contributed by atoms with E-state index in [2.05, 4.69) is 0 Å². The van der Waals surface area contributed by atoms with Crippen molar-refractivity contribution in [3.8, 4) is 5.75 Å². The summed E-state index contributed by atoms with van der Waals surface area (Å²) in [7, 11) is 1.54. The lowest BCUT2D eigenvalue weighted by Gasteiger charge is -2.21. The standard InChI is InChI=1S/C12H15ClFNO/c1-7(15)12(3-4-12)9-5-8(16-2)6-10(13)11(9)14/h5-7H,3-4,15H2,1-2H3. The third kappa shape index (κ3) is 1.68. The summed E-state index contributed by atoms with van der Waals surface area (Å²) in [6, 6.07) is 3.11. The number of benzene rings is 1. The van der Waals surface area contributed by atoms with E-state index < -0.39 is 0 Å². The van der Waals surface area contributed by atoms with Gasteiger partial charge in [-0.25, -0.2) is 4.39 Å². The number of nitrogens with two attached hydrogens (primary N) is 1. The first kappa shape index (κ1) is 11.7. The minimum atomic E-state index is -0.364. The van der Waals surface area contributed by atoms with Gasteiger partial charge in [-0.05, 0) is 25.8 Å². The van der Waals surface area contributed by atoms with Crippen molar-refractivity contribution in [2.75, 3.05) is 7.11 Å². The molecule has 1 saturated carbocycles. The van der Waals surface area contributed by atoms with E-state index in [9.17, 15) is 4.39 Å². The molecule has 16 heavy (non-hydrogen) atoms. The van der Waals surface area contributed by atoms with Crippen LogP contribution in [0.2, 0.25) is 5.02 Å². The predicted octanol–water partition coefficient (Wildman–Crippen LogP) is 2.87. The van der Waals surface area contributed by atoms with Crippen LogP contribution in [0, 0.1) is 5.82 Å². The maximum Gasteiger partial charge on any atom is 0.145 e. The Balaban J connectivity index is 2.52. The van der Waals surface area contributed by atoms with E-state index in [4.69, 9.17) is 22.1 Å². The average Bonchev–Trinajstić information content (AvgIpc) is 3.02. The van der Waals surface area contributed by atoms with E-state index in [1.807, 2.05) is 6.92 Å². The number of hydrogen-bond donors (Lipinski definition) is 1. The third-order valence-corrected chi connectivity index (χ3v) is 3.71. The molecule has 2 nitrogen and oxygen atoms in total. The van der Waals surface area contributed by atoms with Gasteiger partial charge in [-0.1, -0.05) is 11.6 Å². The Bertz CT molecular complexity index is 416. The van der Waals surface area contributed by atoms with Crippen LogP contribution in [0.25, 0.3) is 0 Å². The van der Waals surface area contributed by atoms with Gasteiger partial charge in [0.15, 0.2) is 0 Å². The molecule has 0 aromatic heterocycles. The lowest BCUT2D eigenvalue weighted by Crippen LogP contribution is -2.32. The predicted molar refractivity (Wildman–Crippen MR) is 62.5 cm³/mol. The van der Waals surface area contributed by atoms with Crippen molar-refractivity contribution in [3.05, 3.63) is 28.5 Å². The van der Waals surface area contributed by atoms with Gasteiger partial charge in [0.1, 0.15) is 11.6 Å². The molecule has 2 rings (SSSR count). The molecule has 1 atom stereocenters. The van der Waals surface area contributed by atoms with Crippen LogP contribution in [-0.4, -0.2) is 13.2 Å². The summed E-state index contributed by atoms with van der Waals surface area (Å²) in [6.45, 7) is 1.90. The Kier molecular flexibility index (Phi) is 2.84. The molecule has 0 spiro atoms. The van der Waals surface area contributed by atoms with Crippen LogP contribution in [0.4, 0.5) is 4.39 Å². The summed E-state index contributed by atoms with van der Waals surface area (Å²) in [5, 5.41) is 0.0984. The van der Waals surface area contributed by atoms with E-state index in [-0.39, 0.29) is 22.3 Å². The van der Waals surface area contributed by atoms with Crippen molar-refractivity contribution >= 4 is 11.6 Å². The fourth-order valence-corrected chi connectivity index (χ4v) is 2.36. The molecule has 1 aliphatic rings. The van der Waals surface area contributed by atoms with Crippen molar-refractivity contribution in [1.29, 1.82) is 0 Å². The Labute approximate surface area is 99.5 Å². The van der Waals surface area contributed by atoms with Crippen LogP contribution >= 0.6 is 11.6 Å². The SMILES string of the molecule is COc1cc(Cl)c(F)c(C2(C(C)N)CC2)c1. The highest BCUT2D eigenvalue weighted by atomic mass is 35.5. The van der Waals surface area contributed by atoms with E-state index in [1.54, 1.807) is 13.2 Å². The molecule has 0 aliphatic heterocycles. The van der Waals surface area contributed by atoms with Crippen LogP contribution in [0.1, 0.15) is 25.3 Å². The highest BCUT2D eigenvalue weighted by molar-refractivity contribution is 6.31. The minimum Gasteiger partial charge on any atom is -0.497 e. The number of ether oxygens (including phenoxy) is 1. The van der Waals surface area contributed by atoms with Crippen LogP contribution in [0.5, 0.6) is 5.75 Å². The molecule has 0 saturated heterocycles. The monoisotopic (exact) mass is 243 g/mol. The second-order valence-electron chi connectivity index (χ2n) is 4.42. The molecule has 1 aromatic carbocycles. The molecular formula is C12H15ClFNO. The molecule has 0 heterocycles. The molecule has 1 aromatic rings. The normalized spacial score (nSPS) is 19.3. The van der Waals surface area contributed by atoms with E-state index in [1.165, 1.54) is 6.07 Å². The Morgan fingerprint density at radius 2 is 2.12 bits per heavy atom. The van der Waals surface area contributed by atoms with Gasteiger partial charge in [-0.15, -0.1) is 0 Å². The zero-order valence-electron chi connectivity index (χ0n) is 9.39. The summed E-state index contributed by atoms with van der Waals surface area (Å²) >= 11 is 5.84. The van der Waals surface area contributed by atoms with Gasteiger partial charge in [0, 0.05) is 23.1 Å². The molecule has 2 N–H and O–H groups in total. The van der Waals surface area contributed by atoms with E-state index in [0.29, 0.717) is 11.3 Å². The first-order valence-electron chi connectivity index (χ1n) is 5.30. The van der Waals surface area contributed by atoms with Gasteiger partial charge in [-0.2, -0.15) is 0 Å². The van der Waals surface area contributed by atoms with Crippen molar-refractivity contribution in [2.24, 2.45) is 5.73 Å². The van der Waals surface area contributed by atoms with Crippen molar-refractivity contribution in [2.45, 2.75) is 31.2 Å². The number of hydrogen-bond acceptors (Lipinski definition) is 2. The number of methoxy groups -OCH3 is 1. The highest BCUT2D eigenvalue weighted by Gasteiger charge is 2.49. The van der Waals surface area contributed by atoms with Gasteiger partial charge < -0.3 is 10.5 Å². The lowest BCUT2D eigenvalue weighted by molar-refractivity contribution is 0.410. The van der Waals surface area contributed by atoms with Crippen LogP contribution in [-0.2, 0) is 5.41 Å². The Hall–Kier alpha value is -0.800. The molecule has 0 amide bonds. The minimum absolute atomic E-state index is 0.0785.